The fourth-order valence-corrected chi connectivity index (χ4v) is 1.86. The van der Waals surface area contributed by atoms with Gasteiger partial charge in [0.2, 0.25) is 5.91 Å². The predicted molar refractivity (Wildman–Crippen MR) is 77.3 cm³/mol. The molecular formula is C15H22N2O3. The lowest BCUT2D eigenvalue weighted by Crippen LogP contribution is -2.42. The number of hydrogen-bond acceptors (Lipinski definition) is 3. The molecule has 20 heavy (non-hydrogen) atoms. The van der Waals surface area contributed by atoms with Gasteiger partial charge in [0.05, 0.1) is 6.54 Å². The van der Waals surface area contributed by atoms with E-state index in [0.29, 0.717) is 6.54 Å². The number of hydrogen-bond donors (Lipinski definition) is 2. The second kappa shape index (κ2) is 8.32. The average molecular weight is 278 g/mol. The quantitative estimate of drug-likeness (QED) is 0.756. The lowest BCUT2D eigenvalue weighted by Gasteiger charge is -2.27. The molecule has 0 aromatic heterocycles. The van der Waals surface area contributed by atoms with Crippen molar-refractivity contribution in [1.29, 1.82) is 0 Å². The van der Waals surface area contributed by atoms with Gasteiger partial charge in [-0.2, -0.15) is 0 Å². The van der Waals surface area contributed by atoms with Crippen LogP contribution in [-0.2, 0) is 16.1 Å². The Bertz CT molecular complexity index is 434. The van der Waals surface area contributed by atoms with Crippen molar-refractivity contribution < 1.29 is 14.7 Å². The molecule has 0 saturated carbocycles. The molecule has 110 valence electrons. The van der Waals surface area contributed by atoms with Gasteiger partial charge < -0.3 is 10.4 Å². The molecule has 0 aliphatic heterocycles. The number of amides is 1. The third-order valence-electron chi connectivity index (χ3n) is 3.23. The van der Waals surface area contributed by atoms with Gasteiger partial charge in [-0.25, -0.2) is 0 Å². The third-order valence-corrected chi connectivity index (χ3v) is 3.23. The summed E-state index contributed by atoms with van der Waals surface area (Å²) in [7, 11) is 0. The van der Waals surface area contributed by atoms with Gasteiger partial charge in [0.25, 0.3) is 0 Å². The lowest BCUT2D eigenvalue weighted by molar-refractivity contribution is -0.138. The predicted octanol–water partition coefficient (Wildman–Crippen LogP) is 1.49. The molecule has 0 fully saturated rings. The van der Waals surface area contributed by atoms with Crippen LogP contribution in [0.4, 0.5) is 0 Å². The molecule has 1 aromatic rings. The Morgan fingerprint density at radius 1 is 1.30 bits per heavy atom. The van der Waals surface area contributed by atoms with Gasteiger partial charge in [0.15, 0.2) is 0 Å². The fourth-order valence-electron chi connectivity index (χ4n) is 1.86. The summed E-state index contributed by atoms with van der Waals surface area (Å²) in [5.41, 5.74) is 1.14. The van der Waals surface area contributed by atoms with E-state index in [4.69, 9.17) is 5.11 Å². The molecule has 0 saturated heterocycles. The Hall–Kier alpha value is -1.88. The highest BCUT2D eigenvalue weighted by molar-refractivity contribution is 5.82. The number of carboxylic acid groups (broad SMARTS) is 1. The van der Waals surface area contributed by atoms with Crippen LogP contribution in [0.2, 0.25) is 0 Å². The van der Waals surface area contributed by atoms with Crippen molar-refractivity contribution in [3.63, 3.8) is 0 Å². The number of nitrogens with zero attached hydrogens (tertiary/aromatic N) is 1. The van der Waals surface area contributed by atoms with E-state index in [1.54, 1.807) is 0 Å². The summed E-state index contributed by atoms with van der Waals surface area (Å²) >= 11 is 0. The van der Waals surface area contributed by atoms with Gasteiger partial charge in [-0.05, 0) is 18.9 Å². The van der Waals surface area contributed by atoms with E-state index in [-0.39, 0.29) is 25.0 Å². The summed E-state index contributed by atoms with van der Waals surface area (Å²) in [6.45, 7) is 4.68. The van der Waals surface area contributed by atoms with Crippen LogP contribution in [0, 0.1) is 0 Å². The first-order valence-electron chi connectivity index (χ1n) is 6.79. The van der Waals surface area contributed by atoms with Crippen molar-refractivity contribution in [3.8, 4) is 0 Å². The molecule has 2 N–H and O–H groups in total. The third kappa shape index (κ3) is 5.84. The maximum absolute atomic E-state index is 11.8. The molecule has 0 heterocycles. The molecule has 0 bridgehead atoms. The van der Waals surface area contributed by atoms with Crippen LogP contribution >= 0.6 is 0 Å². The van der Waals surface area contributed by atoms with Crippen LogP contribution in [0.5, 0.6) is 0 Å². The van der Waals surface area contributed by atoms with Crippen molar-refractivity contribution in [3.05, 3.63) is 35.9 Å². The minimum atomic E-state index is -1.03. The van der Waals surface area contributed by atoms with E-state index in [1.165, 1.54) is 0 Å². The molecule has 1 amide bonds. The molecular weight excluding hydrogens is 256 g/mol. The number of rotatable bonds is 8. The molecule has 1 aromatic carbocycles. The molecule has 0 aliphatic carbocycles. The number of aliphatic carboxylic acids is 1. The number of benzene rings is 1. The summed E-state index contributed by atoms with van der Waals surface area (Å²) in [4.78, 5) is 24.2. The maximum Gasteiger partial charge on any atom is 0.322 e. The van der Waals surface area contributed by atoms with Gasteiger partial charge in [-0.3, -0.25) is 14.5 Å². The van der Waals surface area contributed by atoms with E-state index in [9.17, 15) is 9.59 Å². The zero-order chi connectivity index (χ0) is 15.0. The van der Waals surface area contributed by atoms with Crippen LogP contribution in [0.3, 0.4) is 0 Å². The zero-order valence-electron chi connectivity index (χ0n) is 12.0. The van der Waals surface area contributed by atoms with Crippen LogP contribution in [0.1, 0.15) is 25.8 Å². The minimum Gasteiger partial charge on any atom is -0.480 e. The molecule has 0 aliphatic rings. The Balaban J connectivity index is 2.60. The first-order chi connectivity index (χ1) is 9.52. The van der Waals surface area contributed by atoms with Crippen LogP contribution < -0.4 is 5.32 Å². The van der Waals surface area contributed by atoms with Crippen molar-refractivity contribution in [2.24, 2.45) is 0 Å². The summed E-state index contributed by atoms with van der Waals surface area (Å²) in [6, 6.07) is 10.2. The number of carboxylic acids is 1. The summed E-state index contributed by atoms with van der Waals surface area (Å²) in [5.74, 6) is -1.29. The zero-order valence-corrected chi connectivity index (χ0v) is 12.0. The van der Waals surface area contributed by atoms with Gasteiger partial charge in [0, 0.05) is 12.6 Å². The lowest BCUT2D eigenvalue weighted by atomic mass is 10.1. The summed E-state index contributed by atoms with van der Waals surface area (Å²) in [5, 5.41) is 11.0. The highest BCUT2D eigenvalue weighted by Gasteiger charge is 2.16. The van der Waals surface area contributed by atoms with Crippen molar-refractivity contribution in [2.75, 3.05) is 13.1 Å². The minimum absolute atomic E-state index is 0.206. The summed E-state index contributed by atoms with van der Waals surface area (Å²) in [6.07, 6.45) is 0.930. The van der Waals surface area contributed by atoms with Crippen LogP contribution in [0.25, 0.3) is 0 Å². The summed E-state index contributed by atoms with van der Waals surface area (Å²) < 4.78 is 0. The van der Waals surface area contributed by atoms with E-state index < -0.39 is 5.97 Å². The number of carbonyl (C=O) groups is 2. The number of carbonyl (C=O) groups excluding carboxylic acids is 1. The standard InChI is InChI=1S/C15H22N2O3/c1-3-12(2)17(10-13-7-5-4-6-8-13)11-14(18)16-9-15(19)20/h4-8,12H,3,9-11H2,1-2H3,(H,16,18)(H,19,20). The molecule has 1 atom stereocenters. The SMILES string of the molecule is CCC(C)N(CC(=O)NCC(=O)O)Cc1ccccc1. The largest absolute Gasteiger partial charge is 0.480 e. The highest BCUT2D eigenvalue weighted by atomic mass is 16.4. The Morgan fingerprint density at radius 2 is 1.95 bits per heavy atom. The molecule has 1 rings (SSSR count). The Labute approximate surface area is 119 Å². The average Bonchev–Trinajstić information content (AvgIpc) is 2.44. The smallest absolute Gasteiger partial charge is 0.322 e. The van der Waals surface area contributed by atoms with Gasteiger partial charge >= 0.3 is 5.97 Å². The maximum atomic E-state index is 11.8. The first kappa shape index (κ1) is 16.2. The number of nitrogens with one attached hydrogen (secondary N) is 1. The molecule has 1 unspecified atom stereocenters. The fraction of sp³-hybridized carbons (Fsp3) is 0.467. The van der Waals surface area contributed by atoms with Crippen molar-refractivity contribution in [2.45, 2.75) is 32.9 Å². The van der Waals surface area contributed by atoms with E-state index in [0.717, 1.165) is 12.0 Å². The first-order valence-corrected chi connectivity index (χ1v) is 6.79. The van der Waals surface area contributed by atoms with E-state index in [2.05, 4.69) is 19.2 Å². The molecule has 0 radical (unpaired) electrons. The normalized spacial score (nSPS) is 12.2. The molecule has 5 heteroatoms. The molecule has 0 spiro atoms. The topological polar surface area (TPSA) is 69.6 Å². The Kier molecular flexibility index (Phi) is 6.73. The monoisotopic (exact) mass is 278 g/mol. The highest BCUT2D eigenvalue weighted by Crippen LogP contribution is 2.10. The van der Waals surface area contributed by atoms with Crippen molar-refractivity contribution in [1.82, 2.24) is 10.2 Å². The van der Waals surface area contributed by atoms with Crippen molar-refractivity contribution >= 4 is 11.9 Å². The second-order valence-electron chi connectivity index (χ2n) is 4.82. The van der Waals surface area contributed by atoms with Gasteiger partial charge in [-0.1, -0.05) is 37.3 Å². The van der Waals surface area contributed by atoms with Gasteiger partial charge in [0.1, 0.15) is 6.54 Å². The van der Waals surface area contributed by atoms with Gasteiger partial charge in [-0.15, -0.1) is 0 Å². The van der Waals surface area contributed by atoms with E-state index >= 15 is 0 Å². The van der Waals surface area contributed by atoms with Crippen LogP contribution in [-0.4, -0.2) is 41.0 Å². The molecule has 5 nitrogen and oxygen atoms in total. The van der Waals surface area contributed by atoms with Crippen LogP contribution in [0.15, 0.2) is 30.3 Å². The van der Waals surface area contributed by atoms with E-state index in [1.807, 2.05) is 35.2 Å². The second-order valence-corrected chi connectivity index (χ2v) is 4.82. The Morgan fingerprint density at radius 3 is 2.50 bits per heavy atom.